The van der Waals surface area contributed by atoms with E-state index in [0.29, 0.717) is 42.0 Å². The monoisotopic (exact) mass is 371 g/mol. The van der Waals surface area contributed by atoms with Crippen LogP contribution < -0.4 is 5.32 Å². The van der Waals surface area contributed by atoms with Crippen LogP contribution in [0.3, 0.4) is 0 Å². The summed E-state index contributed by atoms with van der Waals surface area (Å²) < 4.78 is 5.27. The van der Waals surface area contributed by atoms with Crippen LogP contribution in [0.1, 0.15) is 18.4 Å². The fourth-order valence-corrected chi connectivity index (χ4v) is 3.40. The van der Waals surface area contributed by atoms with Gasteiger partial charge < -0.3 is 10.1 Å². The fraction of sp³-hybridized carbons (Fsp3) is 0.400. The van der Waals surface area contributed by atoms with Crippen LogP contribution in [-0.4, -0.2) is 35.1 Å². The maximum absolute atomic E-state index is 11.9. The van der Waals surface area contributed by atoms with Gasteiger partial charge in [-0.1, -0.05) is 22.9 Å². The third kappa shape index (κ3) is 6.87. The first-order valence-electron chi connectivity index (χ1n) is 7.25. The zero-order valence-corrected chi connectivity index (χ0v) is 15.1. The van der Waals surface area contributed by atoms with E-state index in [0.717, 1.165) is 9.90 Å². The smallest absolute Gasteiger partial charge is 0.227 e. The molecule has 0 atom stereocenters. The van der Waals surface area contributed by atoms with Crippen molar-refractivity contribution in [2.24, 2.45) is 0 Å². The average Bonchev–Trinajstić information content (AvgIpc) is 2.97. The molecular weight excluding hydrogens is 354 g/mol. The van der Waals surface area contributed by atoms with E-state index in [1.165, 1.54) is 11.3 Å². The number of thioether (sulfide) groups is 1. The molecule has 0 unspecified atom stereocenters. The Balaban J connectivity index is 1.69. The molecule has 2 rings (SSSR count). The SMILES string of the molecule is CCOCCc1nnc(NC(=O)CCSc2ccc(Cl)cc2)s1. The molecule has 0 aliphatic rings. The van der Waals surface area contributed by atoms with Gasteiger partial charge in [-0.25, -0.2) is 0 Å². The van der Waals surface area contributed by atoms with Gasteiger partial charge >= 0.3 is 0 Å². The third-order valence-corrected chi connectivity index (χ3v) is 4.95. The molecule has 8 heteroatoms. The van der Waals surface area contributed by atoms with E-state index >= 15 is 0 Å². The summed E-state index contributed by atoms with van der Waals surface area (Å²) in [6, 6.07) is 7.57. The van der Waals surface area contributed by atoms with Gasteiger partial charge in [-0.15, -0.1) is 22.0 Å². The molecule has 1 aromatic heterocycles. The van der Waals surface area contributed by atoms with Gasteiger partial charge in [-0.2, -0.15) is 0 Å². The summed E-state index contributed by atoms with van der Waals surface area (Å²) in [6.07, 6.45) is 1.13. The molecule has 0 radical (unpaired) electrons. The van der Waals surface area contributed by atoms with Crippen LogP contribution in [-0.2, 0) is 16.0 Å². The van der Waals surface area contributed by atoms with E-state index < -0.39 is 0 Å². The molecule has 5 nitrogen and oxygen atoms in total. The quantitative estimate of drug-likeness (QED) is 0.535. The number of ether oxygens (including phenoxy) is 1. The van der Waals surface area contributed by atoms with Crippen LogP contribution in [0.15, 0.2) is 29.2 Å². The highest BCUT2D eigenvalue weighted by Gasteiger charge is 2.08. The molecule has 0 bridgehead atoms. The molecule has 0 spiro atoms. The van der Waals surface area contributed by atoms with Crippen molar-refractivity contribution in [3.05, 3.63) is 34.3 Å². The number of anilines is 1. The number of carbonyl (C=O) groups is 1. The van der Waals surface area contributed by atoms with Crippen molar-refractivity contribution in [3.63, 3.8) is 0 Å². The minimum absolute atomic E-state index is 0.0565. The maximum atomic E-state index is 11.9. The van der Waals surface area contributed by atoms with Gasteiger partial charge in [0.25, 0.3) is 0 Å². The summed E-state index contributed by atoms with van der Waals surface area (Å²) >= 11 is 8.84. The Hall–Kier alpha value is -1.15. The van der Waals surface area contributed by atoms with Crippen LogP contribution in [0.4, 0.5) is 5.13 Å². The van der Waals surface area contributed by atoms with Crippen molar-refractivity contribution >= 4 is 45.7 Å². The molecule has 1 amide bonds. The summed E-state index contributed by atoms with van der Waals surface area (Å²) in [4.78, 5) is 13.0. The lowest BCUT2D eigenvalue weighted by molar-refractivity contribution is -0.115. The Morgan fingerprint density at radius 1 is 1.35 bits per heavy atom. The third-order valence-electron chi connectivity index (χ3n) is 2.79. The zero-order valence-electron chi connectivity index (χ0n) is 12.8. The Bertz CT molecular complexity index is 619. The highest BCUT2D eigenvalue weighted by Crippen LogP contribution is 2.21. The summed E-state index contributed by atoms with van der Waals surface area (Å²) in [5.74, 6) is 0.641. The number of nitrogens with zero attached hydrogens (tertiary/aromatic N) is 2. The van der Waals surface area contributed by atoms with Crippen LogP contribution in [0, 0.1) is 0 Å². The van der Waals surface area contributed by atoms with Gasteiger partial charge in [0.15, 0.2) is 0 Å². The average molecular weight is 372 g/mol. The summed E-state index contributed by atoms with van der Waals surface area (Å²) in [5.41, 5.74) is 0. The molecule has 1 heterocycles. The van der Waals surface area contributed by atoms with Crippen molar-refractivity contribution in [3.8, 4) is 0 Å². The minimum atomic E-state index is -0.0565. The maximum Gasteiger partial charge on any atom is 0.227 e. The number of benzene rings is 1. The second kappa shape index (κ2) is 9.87. The lowest BCUT2D eigenvalue weighted by Gasteiger charge is -2.02. The van der Waals surface area contributed by atoms with Crippen LogP contribution >= 0.6 is 34.7 Å². The fourth-order valence-electron chi connectivity index (χ4n) is 1.68. The molecule has 1 N–H and O–H groups in total. The van der Waals surface area contributed by atoms with E-state index in [1.807, 2.05) is 31.2 Å². The number of nitrogens with one attached hydrogen (secondary N) is 1. The number of amides is 1. The summed E-state index contributed by atoms with van der Waals surface area (Å²) in [6.45, 7) is 3.26. The van der Waals surface area contributed by atoms with Crippen LogP contribution in [0.25, 0.3) is 0 Å². The standard InChI is InChI=1S/C15H18ClN3O2S2/c1-2-21-9-7-14-18-19-15(23-14)17-13(20)8-10-22-12-5-3-11(16)4-6-12/h3-6H,2,7-10H2,1H3,(H,17,19,20). The number of carbonyl (C=O) groups excluding carboxylic acids is 1. The van der Waals surface area contributed by atoms with E-state index in [2.05, 4.69) is 15.5 Å². The van der Waals surface area contributed by atoms with Gasteiger partial charge in [0.1, 0.15) is 5.01 Å². The van der Waals surface area contributed by atoms with Gasteiger partial charge in [0.05, 0.1) is 6.61 Å². The van der Waals surface area contributed by atoms with Crippen LogP contribution in [0.5, 0.6) is 0 Å². The van der Waals surface area contributed by atoms with Crippen molar-refractivity contribution in [1.82, 2.24) is 10.2 Å². The minimum Gasteiger partial charge on any atom is -0.381 e. The van der Waals surface area contributed by atoms with Crippen molar-refractivity contribution < 1.29 is 9.53 Å². The first-order chi connectivity index (χ1) is 11.2. The molecule has 0 aliphatic carbocycles. The predicted octanol–water partition coefficient (Wildman–Crippen LogP) is 3.89. The second-order valence-corrected chi connectivity index (χ2v) is 7.22. The highest BCUT2D eigenvalue weighted by atomic mass is 35.5. The number of aromatic nitrogens is 2. The predicted molar refractivity (Wildman–Crippen MR) is 95.5 cm³/mol. The molecule has 124 valence electrons. The number of hydrogen-bond acceptors (Lipinski definition) is 6. The number of halogens is 1. The molecule has 0 saturated heterocycles. The Labute approximate surface area is 148 Å². The zero-order chi connectivity index (χ0) is 16.5. The van der Waals surface area contributed by atoms with Crippen molar-refractivity contribution in [2.45, 2.75) is 24.7 Å². The van der Waals surface area contributed by atoms with Gasteiger partial charge in [0.2, 0.25) is 11.0 Å². The molecule has 23 heavy (non-hydrogen) atoms. The Morgan fingerprint density at radius 3 is 2.87 bits per heavy atom. The lowest BCUT2D eigenvalue weighted by atomic mass is 10.4. The summed E-state index contributed by atoms with van der Waals surface area (Å²) in [5, 5.41) is 12.9. The Morgan fingerprint density at radius 2 is 2.13 bits per heavy atom. The molecule has 0 fully saturated rings. The molecule has 1 aromatic carbocycles. The highest BCUT2D eigenvalue weighted by molar-refractivity contribution is 7.99. The second-order valence-electron chi connectivity index (χ2n) is 4.55. The number of hydrogen-bond donors (Lipinski definition) is 1. The topological polar surface area (TPSA) is 64.1 Å². The van der Waals surface area contributed by atoms with Crippen LogP contribution in [0.2, 0.25) is 5.02 Å². The lowest BCUT2D eigenvalue weighted by Crippen LogP contribution is -2.11. The van der Waals surface area contributed by atoms with Crippen molar-refractivity contribution in [2.75, 3.05) is 24.3 Å². The molecular formula is C15H18ClN3O2S2. The van der Waals surface area contributed by atoms with E-state index in [-0.39, 0.29) is 5.91 Å². The van der Waals surface area contributed by atoms with Crippen molar-refractivity contribution in [1.29, 1.82) is 0 Å². The summed E-state index contributed by atoms with van der Waals surface area (Å²) in [7, 11) is 0. The number of rotatable bonds is 9. The molecule has 0 aliphatic heterocycles. The van der Waals surface area contributed by atoms with Gasteiger partial charge in [-0.05, 0) is 31.2 Å². The van der Waals surface area contributed by atoms with E-state index in [4.69, 9.17) is 16.3 Å². The largest absolute Gasteiger partial charge is 0.381 e. The van der Waals surface area contributed by atoms with Gasteiger partial charge in [-0.3, -0.25) is 4.79 Å². The normalized spacial score (nSPS) is 10.7. The first-order valence-corrected chi connectivity index (χ1v) is 9.43. The Kier molecular flexibility index (Phi) is 7.81. The molecule has 2 aromatic rings. The van der Waals surface area contributed by atoms with E-state index in [9.17, 15) is 4.79 Å². The molecule has 0 saturated carbocycles. The van der Waals surface area contributed by atoms with Gasteiger partial charge in [0, 0.05) is 35.1 Å². The van der Waals surface area contributed by atoms with E-state index in [1.54, 1.807) is 11.8 Å². The first kappa shape index (κ1) is 18.2.